The van der Waals surface area contributed by atoms with Gasteiger partial charge < -0.3 is 5.32 Å². The molecule has 1 unspecified atom stereocenters. The fourth-order valence-corrected chi connectivity index (χ4v) is 4.42. The van der Waals surface area contributed by atoms with E-state index < -0.39 is 0 Å². The Balaban J connectivity index is 2.38. The third-order valence-electron chi connectivity index (χ3n) is 4.63. The number of rotatable bonds is 5. The Morgan fingerprint density at radius 1 is 1.20 bits per heavy atom. The summed E-state index contributed by atoms with van der Waals surface area (Å²) < 4.78 is 2.44. The van der Waals surface area contributed by atoms with Crippen molar-refractivity contribution >= 4 is 31.9 Å². The van der Waals surface area contributed by atoms with Gasteiger partial charge in [-0.2, -0.15) is 0 Å². The molecule has 1 aromatic rings. The van der Waals surface area contributed by atoms with Gasteiger partial charge in [-0.1, -0.05) is 58.5 Å². The fraction of sp³-hybridized carbons (Fsp3) is 0.647. The fourth-order valence-electron chi connectivity index (χ4n) is 3.37. The van der Waals surface area contributed by atoms with E-state index in [0.29, 0.717) is 11.5 Å². The zero-order chi connectivity index (χ0) is 14.8. The molecule has 1 aliphatic carbocycles. The molecule has 0 bridgehead atoms. The molecule has 1 atom stereocenters. The third kappa shape index (κ3) is 3.48. The summed E-state index contributed by atoms with van der Waals surface area (Å²) in [6.45, 7) is 7.91. The van der Waals surface area contributed by atoms with Crippen molar-refractivity contribution in [1.82, 2.24) is 5.32 Å². The zero-order valence-corrected chi connectivity index (χ0v) is 15.9. The van der Waals surface area contributed by atoms with Crippen molar-refractivity contribution in [2.24, 2.45) is 5.41 Å². The molecule has 1 nitrogen and oxygen atoms in total. The molecule has 0 spiro atoms. The molecule has 2 rings (SSSR count). The molecule has 0 radical (unpaired) electrons. The minimum Gasteiger partial charge on any atom is -0.309 e. The quantitative estimate of drug-likeness (QED) is 0.623. The van der Waals surface area contributed by atoms with Crippen LogP contribution in [0.15, 0.2) is 21.1 Å². The summed E-state index contributed by atoms with van der Waals surface area (Å²) in [4.78, 5) is 0. The first kappa shape index (κ1) is 16.5. The van der Waals surface area contributed by atoms with Crippen LogP contribution in [-0.2, 0) is 0 Å². The van der Waals surface area contributed by atoms with Gasteiger partial charge in [0.15, 0.2) is 0 Å². The average Bonchev–Trinajstić information content (AvgIpc) is 2.83. The molecule has 1 saturated carbocycles. The van der Waals surface area contributed by atoms with Gasteiger partial charge in [0.1, 0.15) is 0 Å². The van der Waals surface area contributed by atoms with Gasteiger partial charge in [-0.15, -0.1) is 0 Å². The van der Waals surface area contributed by atoms with Crippen LogP contribution < -0.4 is 5.32 Å². The highest BCUT2D eigenvalue weighted by atomic mass is 79.9. The Kier molecular flexibility index (Phi) is 5.72. The minimum atomic E-state index is 0.381. The molecule has 0 saturated heterocycles. The second-order valence-electron chi connectivity index (χ2n) is 6.37. The second-order valence-corrected chi connectivity index (χ2v) is 8.08. The predicted molar refractivity (Wildman–Crippen MR) is 94.2 cm³/mol. The summed E-state index contributed by atoms with van der Waals surface area (Å²) in [5.41, 5.74) is 3.07. The van der Waals surface area contributed by atoms with Gasteiger partial charge in [-0.25, -0.2) is 0 Å². The van der Waals surface area contributed by atoms with Gasteiger partial charge in [0.25, 0.3) is 0 Å². The Bertz CT molecular complexity index is 464. The van der Waals surface area contributed by atoms with Crippen LogP contribution in [0.3, 0.4) is 0 Å². The van der Waals surface area contributed by atoms with E-state index in [1.165, 1.54) is 52.2 Å². The first-order valence-electron chi connectivity index (χ1n) is 7.67. The highest BCUT2D eigenvalue weighted by Gasteiger charge is 2.38. The van der Waals surface area contributed by atoms with E-state index in [1.54, 1.807) is 0 Å². The van der Waals surface area contributed by atoms with Crippen LogP contribution >= 0.6 is 31.9 Å². The van der Waals surface area contributed by atoms with E-state index in [-0.39, 0.29) is 0 Å². The van der Waals surface area contributed by atoms with Crippen LogP contribution in [0.4, 0.5) is 0 Å². The molecule has 0 aromatic heterocycles. The van der Waals surface area contributed by atoms with Gasteiger partial charge in [0.05, 0.1) is 0 Å². The summed E-state index contributed by atoms with van der Waals surface area (Å²) in [7, 11) is 0. The summed E-state index contributed by atoms with van der Waals surface area (Å²) in [5.74, 6) is 0. The van der Waals surface area contributed by atoms with Crippen LogP contribution in [0.1, 0.15) is 63.1 Å². The van der Waals surface area contributed by atoms with E-state index in [4.69, 9.17) is 0 Å². The maximum atomic E-state index is 3.80. The number of aryl methyl sites for hydroxylation is 1. The Morgan fingerprint density at radius 3 is 2.45 bits per heavy atom. The first-order valence-corrected chi connectivity index (χ1v) is 9.25. The molecule has 112 valence electrons. The van der Waals surface area contributed by atoms with Crippen molar-refractivity contribution in [2.45, 2.75) is 58.9 Å². The monoisotopic (exact) mass is 401 g/mol. The lowest BCUT2D eigenvalue weighted by Crippen LogP contribution is -2.35. The van der Waals surface area contributed by atoms with Crippen molar-refractivity contribution < 1.29 is 0 Å². The summed E-state index contributed by atoms with van der Waals surface area (Å²) in [6.07, 6.45) is 6.56. The lowest BCUT2D eigenvalue weighted by molar-refractivity contribution is 0.223. The van der Waals surface area contributed by atoms with Gasteiger partial charge >= 0.3 is 0 Å². The lowest BCUT2D eigenvalue weighted by Gasteiger charge is -2.36. The van der Waals surface area contributed by atoms with E-state index in [9.17, 15) is 0 Å². The zero-order valence-electron chi connectivity index (χ0n) is 12.7. The van der Waals surface area contributed by atoms with Crippen LogP contribution in [0, 0.1) is 12.3 Å². The summed E-state index contributed by atoms with van der Waals surface area (Å²) >= 11 is 7.48. The Morgan fingerprint density at radius 2 is 1.85 bits per heavy atom. The van der Waals surface area contributed by atoms with Gasteiger partial charge in [0, 0.05) is 15.0 Å². The van der Waals surface area contributed by atoms with Crippen molar-refractivity contribution in [1.29, 1.82) is 0 Å². The number of hydrogen-bond acceptors (Lipinski definition) is 1. The smallest absolute Gasteiger partial charge is 0.0386 e. The van der Waals surface area contributed by atoms with Crippen LogP contribution in [0.2, 0.25) is 0 Å². The molecule has 0 amide bonds. The molecule has 1 fully saturated rings. The lowest BCUT2D eigenvalue weighted by atomic mass is 9.77. The number of nitrogens with one attached hydrogen (secondary N) is 1. The molecular formula is C17H25Br2N. The normalized spacial score (nSPS) is 19.2. The predicted octanol–water partition coefficient (Wildman–Crippen LogP) is 6.14. The van der Waals surface area contributed by atoms with Crippen LogP contribution in [0.5, 0.6) is 0 Å². The van der Waals surface area contributed by atoms with E-state index in [0.717, 1.165) is 6.54 Å². The van der Waals surface area contributed by atoms with Gasteiger partial charge in [0.2, 0.25) is 0 Å². The number of hydrogen-bond donors (Lipinski definition) is 1. The molecule has 0 aliphatic heterocycles. The molecule has 3 heteroatoms. The van der Waals surface area contributed by atoms with Crippen molar-refractivity contribution in [3.63, 3.8) is 0 Å². The summed E-state index contributed by atoms with van der Waals surface area (Å²) in [6, 6.07) is 4.98. The number of benzene rings is 1. The minimum absolute atomic E-state index is 0.381. The first-order chi connectivity index (χ1) is 9.48. The SMILES string of the molecule is CCCNC(c1cc(Br)c(C)cc1Br)C1(C)CCCC1. The van der Waals surface area contributed by atoms with Crippen molar-refractivity contribution in [3.05, 3.63) is 32.2 Å². The highest BCUT2D eigenvalue weighted by molar-refractivity contribution is 9.11. The van der Waals surface area contributed by atoms with Gasteiger partial charge in [-0.3, -0.25) is 0 Å². The molecule has 1 aromatic carbocycles. The van der Waals surface area contributed by atoms with E-state index >= 15 is 0 Å². The molecule has 1 aliphatic rings. The number of halogens is 2. The van der Waals surface area contributed by atoms with Crippen molar-refractivity contribution in [3.8, 4) is 0 Å². The van der Waals surface area contributed by atoms with Crippen molar-refractivity contribution in [2.75, 3.05) is 6.54 Å². The molecule has 20 heavy (non-hydrogen) atoms. The second kappa shape index (κ2) is 6.93. The maximum absolute atomic E-state index is 3.80. The van der Waals surface area contributed by atoms with Crippen LogP contribution in [0.25, 0.3) is 0 Å². The van der Waals surface area contributed by atoms with Gasteiger partial charge in [-0.05, 0) is 61.4 Å². The van der Waals surface area contributed by atoms with Crippen LogP contribution in [-0.4, -0.2) is 6.54 Å². The summed E-state index contributed by atoms with van der Waals surface area (Å²) in [5, 5.41) is 3.80. The molecular weight excluding hydrogens is 378 g/mol. The maximum Gasteiger partial charge on any atom is 0.0386 e. The van der Waals surface area contributed by atoms with E-state index in [2.05, 4.69) is 70.1 Å². The third-order valence-corrected chi connectivity index (χ3v) is 6.17. The molecule has 0 heterocycles. The van der Waals surface area contributed by atoms with E-state index in [1.807, 2.05) is 0 Å². The topological polar surface area (TPSA) is 12.0 Å². The average molecular weight is 403 g/mol. The Labute approximate surface area is 140 Å². The molecule has 1 N–H and O–H groups in total. The Hall–Kier alpha value is 0.140. The largest absolute Gasteiger partial charge is 0.309 e. The highest BCUT2D eigenvalue weighted by Crippen LogP contribution is 2.49. The standard InChI is InChI=1S/C17H25Br2N/c1-4-9-20-16(17(3)7-5-6-8-17)13-11-14(18)12(2)10-15(13)19/h10-11,16,20H,4-9H2,1-3H3.